The summed E-state index contributed by atoms with van der Waals surface area (Å²) in [5, 5.41) is 3.27. The Balaban J connectivity index is 1.35. The van der Waals surface area contributed by atoms with E-state index >= 15 is 0 Å². The number of benzene rings is 1. The third-order valence-electron chi connectivity index (χ3n) is 5.90. The predicted octanol–water partition coefficient (Wildman–Crippen LogP) is 2.65. The molecule has 0 saturated carbocycles. The molecule has 2 aliphatic heterocycles. The lowest BCUT2D eigenvalue weighted by molar-refractivity contribution is 0.0740. The number of aromatic nitrogens is 2. The molecule has 0 aliphatic carbocycles. The van der Waals surface area contributed by atoms with Crippen LogP contribution >= 0.6 is 0 Å². The molecule has 1 aromatic carbocycles. The van der Waals surface area contributed by atoms with Crippen LogP contribution in [-0.2, 0) is 4.74 Å². The summed E-state index contributed by atoms with van der Waals surface area (Å²) < 4.78 is 5.62. The highest BCUT2D eigenvalue weighted by atomic mass is 16.5. The zero-order valence-electron chi connectivity index (χ0n) is 17.2. The molecule has 2 aromatic rings. The Morgan fingerprint density at radius 3 is 2.79 bits per heavy atom. The molecular formula is C22H29N5O2. The average molecular weight is 396 g/mol. The molecule has 0 radical (unpaired) electrons. The number of carbonyl (C=O) groups excluding carboxylic acids is 1. The third kappa shape index (κ3) is 4.50. The molecule has 1 N–H and O–H groups in total. The van der Waals surface area contributed by atoms with E-state index in [1.54, 1.807) is 6.07 Å². The Kier molecular flexibility index (Phi) is 5.94. The van der Waals surface area contributed by atoms with E-state index in [9.17, 15) is 4.79 Å². The van der Waals surface area contributed by atoms with Crippen LogP contribution in [0.3, 0.4) is 0 Å². The van der Waals surface area contributed by atoms with Crippen molar-refractivity contribution in [2.24, 2.45) is 0 Å². The molecule has 7 heteroatoms. The van der Waals surface area contributed by atoms with Gasteiger partial charge in [-0.3, -0.25) is 4.79 Å². The molecule has 1 unspecified atom stereocenters. The molecule has 3 heterocycles. The number of nitrogens with one attached hydrogen (secondary N) is 1. The van der Waals surface area contributed by atoms with Crippen molar-refractivity contribution in [1.82, 2.24) is 14.9 Å². The van der Waals surface area contributed by atoms with Crippen molar-refractivity contribution in [3.63, 3.8) is 0 Å². The molecular weight excluding hydrogens is 366 g/mol. The molecule has 1 aromatic heterocycles. The van der Waals surface area contributed by atoms with Gasteiger partial charge in [0, 0.05) is 51.1 Å². The summed E-state index contributed by atoms with van der Waals surface area (Å²) in [6, 6.07) is 8.14. The summed E-state index contributed by atoms with van der Waals surface area (Å²) in [7, 11) is 0. The fourth-order valence-electron chi connectivity index (χ4n) is 3.99. The van der Waals surface area contributed by atoms with E-state index in [1.807, 2.05) is 4.90 Å². The van der Waals surface area contributed by atoms with Gasteiger partial charge in [0.05, 0.1) is 6.10 Å². The summed E-state index contributed by atoms with van der Waals surface area (Å²) in [6.45, 7) is 8.86. The summed E-state index contributed by atoms with van der Waals surface area (Å²) >= 11 is 0. The van der Waals surface area contributed by atoms with Crippen LogP contribution in [0.1, 0.15) is 34.5 Å². The Labute approximate surface area is 172 Å². The van der Waals surface area contributed by atoms with Gasteiger partial charge in [-0.05, 0) is 43.9 Å². The van der Waals surface area contributed by atoms with E-state index in [0.29, 0.717) is 31.1 Å². The first kappa shape index (κ1) is 19.6. The van der Waals surface area contributed by atoms with Gasteiger partial charge in [-0.25, -0.2) is 9.97 Å². The van der Waals surface area contributed by atoms with Crippen LogP contribution in [0.5, 0.6) is 0 Å². The number of rotatable bonds is 5. The van der Waals surface area contributed by atoms with E-state index in [1.165, 1.54) is 23.1 Å². The Morgan fingerprint density at radius 2 is 2.03 bits per heavy atom. The van der Waals surface area contributed by atoms with E-state index in [4.69, 9.17) is 4.74 Å². The second-order valence-electron chi connectivity index (χ2n) is 7.80. The smallest absolute Gasteiger partial charge is 0.272 e. The normalized spacial score (nSPS) is 19.4. The minimum Gasteiger partial charge on any atom is -0.376 e. The van der Waals surface area contributed by atoms with E-state index in [-0.39, 0.29) is 12.0 Å². The van der Waals surface area contributed by atoms with Gasteiger partial charge in [0.15, 0.2) is 0 Å². The van der Waals surface area contributed by atoms with Crippen molar-refractivity contribution < 1.29 is 9.53 Å². The first-order valence-corrected chi connectivity index (χ1v) is 10.4. The summed E-state index contributed by atoms with van der Waals surface area (Å²) in [5.41, 5.74) is 4.31. The van der Waals surface area contributed by atoms with Gasteiger partial charge in [-0.2, -0.15) is 0 Å². The SMILES string of the molecule is Cc1cccc(N2CCN(C(=O)c3cc(NCC4CCCO4)ncn3)CC2)c1C. The zero-order valence-corrected chi connectivity index (χ0v) is 17.2. The van der Waals surface area contributed by atoms with Gasteiger partial charge in [0.25, 0.3) is 5.91 Å². The predicted molar refractivity (Wildman–Crippen MR) is 114 cm³/mol. The maximum atomic E-state index is 12.9. The fraction of sp³-hybridized carbons (Fsp3) is 0.500. The number of nitrogens with zero attached hydrogens (tertiary/aromatic N) is 4. The Morgan fingerprint density at radius 1 is 1.21 bits per heavy atom. The van der Waals surface area contributed by atoms with Crippen LogP contribution < -0.4 is 10.2 Å². The molecule has 2 aliphatic rings. The van der Waals surface area contributed by atoms with E-state index in [2.05, 4.69) is 52.2 Å². The lowest BCUT2D eigenvalue weighted by Gasteiger charge is -2.37. The van der Waals surface area contributed by atoms with Crippen molar-refractivity contribution in [3.8, 4) is 0 Å². The zero-order chi connectivity index (χ0) is 20.2. The number of piperazine rings is 1. The van der Waals surface area contributed by atoms with Crippen LogP contribution in [0.15, 0.2) is 30.6 Å². The van der Waals surface area contributed by atoms with Crippen molar-refractivity contribution in [2.45, 2.75) is 32.8 Å². The third-order valence-corrected chi connectivity index (χ3v) is 5.90. The Bertz CT molecular complexity index is 858. The topological polar surface area (TPSA) is 70.6 Å². The monoisotopic (exact) mass is 395 g/mol. The molecule has 154 valence electrons. The molecule has 7 nitrogen and oxygen atoms in total. The van der Waals surface area contributed by atoms with Gasteiger partial charge in [0.2, 0.25) is 0 Å². The van der Waals surface area contributed by atoms with Crippen LogP contribution in [0.4, 0.5) is 11.5 Å². The number of hydrogen-bond donors (Lipinski definition) is 1. The fourth-order valence-corrected chi connectivity index (χ4v) is 3.99. The quantitative estimate of drug-likeness (QED) is 0.839. The minimum atomic E-state index is -0.0341. The highest BCUT2D eigenvalue weighted by Crippen LogP contribution is 2.24. The molecule has 1 atom stereocenters. The molecule has 2 fully saturated rings. The van der Waals surface area contributed by atoms with Crippen LogP contribution in [-0.4, -0.2) is 66.2 Å². The molecule has 0 bridgehead atoms. The number of anilines is 2. The second-order valence-corrected chi connectivity index (χ2v) is 7.80. The van der Waals surface area contributed by atoms with Gasteiger partial charge in [-0.1, -0.05) is 12.1 Å². The highest BCUT2D eigenvalue weighted by molar-refractivity contribution is 5.93. The van der Waals surface area contributed by atoms with E-state index < -0.39 is 0 Å². The molecule has 29 heavy (non-hydrogen) atoms. The largest absolute Gasteiger partial charge is 0.376 e. The number of ether oxygens (including phenoxy) is 1. The standard InChI is InChI=1S/C22H29N5O2/c1-16-5-3-7-20(17(16)2)26-8-10-27(11-9-26)22(28)19-13-21(25-15-24-19)23-14-18-6-4-12-29-18/h3,5,7,13,15,18H,4,6,8-12,14H2,1-2H3,(H,23,24,25). The summed E-state index contributed by atoms with van der Waals surface area (Å²) in [5.74, 6) is 0.640. The van der Waals surface area contributed by atoms with Gasteiger partial charge < -0.3 is 19.9 Å². The molecule has 0 spiro atoms. The summed E-state index contributed by atoms with van der Waals surface area (Å²) in [6.07, 6.45) is 3.85. The van der Waals surface area contributed by atoms with Gasteiger partial charge >= 0.3 is 0 Å². The average Bonchev–Trinajstić information content (AvgIpc) is 3.28. The molecule has 1 amide bonds. The first-order chi connectivity index (χ1) is 14.1. The van der Waals surface area contributed by atoms with Crippen molar-refractivity contribution in [3.05, 3.63) is 47.4 Å². The second kappa shape index (κ2) is 8.78. The van der Waals surface area contributed by atoms with Crippen molar-refractivity contribution in [1.29, 1.82) is 0 Å². The molecule has 4 rings (SSSR count). The first-order valence-electron chi connectivity index (χ1n) is 10.4. The lowest BCUT2D eigenvalue weighted by Crippen LogP contribution is -2.49. The number of carbonyl (C=O) groups is 1. The van der Waals surface area contributed by atoms with Crippen LogP contribution in [0.25, 0.3) is 0 Å². The Hall–Kier alpha value is -2.67. The van der Waals surface area contributed by atoms with Gasteiger partial charge in [0.1, 0.15) is 17.8 Å². The number of aryl methyl sites for hydroxylation is 1. The maximum Gasteiger partial charge on any atom is 0.272 e. The minimum absolute atomic E-state index is 0.0341. The number of amides is 1. The van der Waals surface area contributed by atoms with Crippen LogP contribution in [0.2, 0.25) is 0 Å². The number of hydrogen-bond acceptors (Lipinski definition) is 6. The molecule has 2 saturated heterocycles. The maximum absolute atomic E-state index is 12.9. The highest BCUT2D eigenvalue weighted by Gasteiger charge is 2.24. The lowest BCUT2D eigenvalue weighted by atomic mass is 10.1. The van der Waals surface area contributed by atoms with Gasteiger partial charge in [-0.15, -0.1) is 0 Å². The van der Waals surface area contributed by atoms with E-state index in [0.717, 1.165) is 32.5 Å². The summed E-state index contributed by atoms with van der Waals surface area (Å²) in [4.78, 5) is 25.6. The van der Waals surface area contributed by atoms with Crippen molar-refractivity contribution in [2.75, 3.05) is 49.5 Å². The van der Waals surface area contributed by atoms with Crippen molar-refractivity contribution >= 4 is 17.4 Å². The van der Waals surface area contributed by atoms with Crippen LogP contribution in [0, 0.1) is 13.8 Å².